The summed E-state index contributed by atoms with van der Waals surface area (Å²) in [6.45, 7) is 4.16. The van der Waals surface area contributed by atoms with Crippen LogP contribution in [0.1, 0.15) is 24.2 Å². The molecule has 1 rings (SSSR count). The number of nitrogens with zero attached hydrogens (tertiary/aromatic N) is 2. The number of pyridine rings is 1. The Hall–Kier alpha value is -1.62. The van der Waals surface area contributed by atoms with Gasteiger partial charge in [-0.05, 0) is 26.0 Å². The van der Waals surface area contributed by atoms with Gasteiger partial charge in [0.15, 0.2) is 0 Å². The molecule has 5 nitrogen and oxygen atoms in total. The van der Waals surface area contributed by atoms with Crippen molar-refractivity contribution in [3.05, 3.63) is 23.9 Å². The lowest BCUT2D eigenvalue weighted by atomic mass is 10.1. The molecule has 0 aliphatic carbocycles. The molecule has 0 saturated carbocycles. The fourth-order valence-corrected chi connectivity index (χ4v) is 1.20. The lowest BCUT2D eigenvalue weighted by Crippen LogP contribution is -2.45. The van der Waals surface area contributed by atoms with Crippen LogP contribution >= 0.6 is 0 Å². The fourth-order valence-electron chi connectivity index (χ4n) is 1.20. The van der Waals surface area contributed by atoms with Crippen molar-refractivity contribution < 1.29 is 4.79 Å². The SMILES string of the molecule is CN(C)c1ccc(C(=O)NCC(C)(C)N)cn1. The van der Waals surface area contributed by atoms with E-state index in [9.17, 15) is 4.79 Å². The van der Waals surface area contributed by atoms with Gasteiger partial charge in [-0.3, -0.25) is 4.79 Å². The van der Waals surface area contributed by atoms with Gasteiger partial charge in [0.1, 0.15) is 5.82 Å². The molecule has 1 heterocycles. The van der Waals surface area contributed by atoms with Gasteiger partial charge in [-0.25, -0.2) is 4.98 Å². The first kappa shape index (κ1) is 13.4. The second-order valence-electron chi connectivity index (χ2n) is 4.97. The van der Waals surface area contributed by atoms with Crippen LogP contribution in [0.3, 0.4) is 0 Å². The standard InChI is InChI=1S/C12H20N4O/c1-12(2,13)8-15-11(17)9-5-6-10(14-7-9)16(3)4/h5-7H,8,13H2,1-4H3,(H,15,17). The molecule has 94 valence electrons. The molecule has 5 heteroatoms. The smallest absolute Gasteiger partial charge is 0.252 e. The fraction of sp³-hybridized carbons (Fsp3) is 0.500. The second-order valence-corrected chi connectivity index (χ2v) is 4.97. The first-order chi connectivity index (χ1) is 7.79. The summed E-state index contributed by atoms with van der Waals surface area (Å²) < 4.78 is 0. The molecule has 0 aliphatic heterocycles. The minimum Gasteiger partial charge on any atom is -0.363 e. The highest BCUT2D eigenvalue weighted by molar-refractivity contribution is 5.94. The van der Waals surface area contributed by atoms with Crippen LogP contribution in [-0.2, 0) is 0 Å². The van der Waals surface area contributed by atoms with Crippen molar-refractivity contribution >= 4 is 11.7 Å². The van der Waals surface area contributed by atoms with Crippen LogP contribution in [0.4, 0.5) is 5.82 Å². The van der Waals surface area contributed by atoms with Crippen LogP contribution < -0.4 is 16.0 Å². The molecular formula is C12H20N4O. The summed E-state index contributed by atoms with van der Waals surface area (Å²) in [5, 5.41) is 2.77. The van der Waals surface area contributed by atoms with Gasteiger partial charge in [0.05, 0.1) is 5.56 Å². The van der Waals surface area contributed by atoms with Gasteiger partial charge in [0, 0.05) is 32.4 Å². The van der Waals surface area contributed by atoms with E-state index < -0.39 is 5.54 Å². The normalized spacial score (nSPS) is 11.1. The Labute approximate surface area is 102 Å². The molecule has 0 radical (unpaired) electrons. The Morgan fingerprint density at radius 1 is 1.47 bits per heavy atom. The third-order valence-electron chi connectivity index (χ3n) is 2.17. The molecule has 0 fully saturated rings. The number of carbonyl (C=O) groups is 1. The quantitative estimate of drug-likeness (QED) is 0.803. The summed E-state index contributed by atoms with van der Waals surface area (Å²) in [5.41, 5.74) is 5.92. The summed E-state index contributed by atoms with van der Waals surface area (Å²) in [5.74, 6) is 0.669. The van der Waals surface area contributed by atoms with Crippen LogP contribution in [0.5, 0.6) is 0 Å². The van der Waals surface area contributed by atoms with Crippen LogP contribution in [0.25, 0.3) is 0 Å². The maximum absolute atomic E-state index is 11.8. The summed E-state index contributed by atoms with van der Waals surface area (Å²) in [6, 6.07) is 3.56. The molecule has 0 saturated heterocycles. The number of hydrogen-bond acceptors (Lipinski definition) is 4. The molecule has 0 aromatic carbocycles. The maximum atomic E-state index is 11.8. The monoisotopic (exact) mass is 236 g/mol. The van der Waals surface area contributed by atoms with Gasteiger partial charge in [-0.1, -0.05) is 0 Å². The van der Waals surface area contributed by atoms with Gasteiger partial charge in [0.2, 0.25) is 0 Å². The zero-order valence-corrected chi connectivity index (χ0v) is 10.8. The topological polar surface area (TPSA) is 71.2 Å². The number of rotatable bonds is 4. The number of aromatic nitrogens is 1. The zero-order chi connectivity index (χ0) is 13.1. The molecule has 17 heavy (non-hydrogen) atoms. The van der Waals surface area contributed by atoms with E-state index in [0.29, 0.717) is 12.1 Å². The van der Waals surface area contributed by atoms with Crippen LogP contribution in [0.15, 0.2) is 18.3 Å². The molecule has 1 amide bonds. The van der Waals surface area contributed by atoms with Crippen molar-refractivity contribution in [1.82, 2.24) is 10.3 Å². The lowest BCUT2D eigenvalue weighted by molar-refractivity contribution is 0.0945. The summed E-state index contributed by atoms with van der Waals surface area (Å²) in [4.78, 5) is 17.8. The summed E-state index contributed by atoms with van der Waals surface area (Å²) in [6.07, 6.45) is 1.56. The molecule has 3 N–H and O–H groups in total. The Kier molecular flexibility index (Phi) is 4.07. The van der Waals surface area contributed by atoms with Crippen molar-refractivity contribution in [1.29, 1.82) is 0 Å². The summed E-state index contributed by atoms with van der Waals surface area (Å²) in [7, 11) is 3.80. The highest BCUT2D eigenvalue weighted by atomic mass is 16.1. The lowest BCUT2D eigenvalue weighted by Gasteiger charge is -2.19. The number of amides is 1. The zero-order valence-electron chi connectivity index (χ0n) is 10.8. The van der Waals surface area contributed by atoms with Gasteiger partial charge in [-0.2, -0.15) is 0 Å². The molecule has 0 bridgehead atoms. The van der Waals surface area contributed by atoms with Crippen molar-refractivity contribution in [2.45, 2.75) is 19.4 Å². The molecule has 0 atom stereocenters. The largest absolute Gasteiger partial charge is 0.363 e. The minimum atomic E-state index is -0.410. The minimum absolute atomic E-state index is 0.152. The van der Waals surface area contributed by atoms with E-state index in [0.717, 1.165) is 5.82 Å². The molecule has 0 spiro atoms. The highest BCUT2D eigenvalue weighted by Crippen LogP contribution is 2.07. The Morgan fingerprint density at radius 3 is 2.53 bits per heavy atom. The molecular weight excluding hydrogens is 216 g/mol. The second kappa shape index (κ2) is 5.14. The number of nitrogens with two attached hydrogens (primary N) is 1. The van der Waals surface area contributed by atoms with Crippen molar-refractivity contribution in [2.24, 2.45) is 5.73 Å². The van der Waals surface area contributed by atoms with Crippen molar-refractivity contribution in [3.63, 3.8) is 0 Å². The number of carbonyl (C=O) groups excluding carboxylic acids is 1. The third kappa shape index (κ3) is 4.40. The Morgan fingerprint density at radius 2 is 2.12 bits per heavy atom. The van der Waals surface area contributed by atoms with E-state index in [1.165, 1.54) is 0 Å². The molecule has 0 unspecified atom stereocenters. The van der Waals surface area contributed by atoms with E-state index in [4.69, 9.17) is 5.73 Å². The number of anilines is 1. The number of nitrogens with one attached hydrogen (secondary N) is 1. The average Bonchev–Trinajstić information content (AvgIpc) is 2.25. The highest BCUT2D eigenvalue weighted by Gasteiger charge is 2.13. The third-order valence-corrected chi connectivity index (χ3v) is 2.17. The van der Waals surface area contributed by atoms with Gasteiger partial charge >= 0.3 is 0 Å². The Bertz CT molecular complexity index is 378. The van der Waals surface area contributed by atoms with E-state index in [-0.39, 0.29) is 5.91 Å². The van der Waals surface area contributed by atoms with E-state index >= 15 is 0 Å². The maximum Gasteiger partial charge on any atom is 0.252 e. The molecule has 0 aliphatic rings. The van der Waals surface area contributed by atoms with Crippen LogP contribution in [-0.4, -0.2) is 37.1 Å². The average molecular weight is 236 g/mol. The Balaban J connectivity index is 2.64. The number of hydrogen-bond donors (Lipinski definition) is 2. The first-order valence-electron chi connectivity index (χ1n) is 5.50. The van der Waals surface area contributed by atoms with Gasteiger partial charge in [0.25, 0.3) is 5.91 Å². The molecule has 1 aromatic rings. The van der Waals surface area contributed by atoms with Crippen molar-refractivity contribution in [3.8, 4) is 0 Å². The van der Waals surface area contributed by atoms with Gasteiger partial charge in [-0.15, -0.1) is 0 Å². The van der Waals surface area contributed by atoms with Crippen LogP contribution in [0.2, 0.25) is 0 Å². The van der Waals surface area contributed by atoms with Gasteiger partial charge < -0.3 is 16.0 Å². The van der Waals surface area contributed by atoms with Crippen molar-refractivity contribution in [2.75, 3.05) is 25.5 Å². The first-order valence-corrected chi connectivity index (χ1v) is 5.50. The van der Waals surface area contributed by atoms with Crippen LogP contribution in [0, 0.1) is 0 Å². The van der Waals surface area contributed by atoms with E-state index in [1.54, 1.807) is 12.3 Å². The predicted octanol–water partition coefficient (Wildman–Crippen LogP) is 0.615. The molecule has 1 aromatic heterocycles. The van der Waals surface area contributed by atoms with E-state index in [1.807, 2.05) is 38.9 Å². The summed E-state index contributed by atoms with van der Waals surface area (Å²) >= 11 is 0. The van der Waals surface area contributed by atoms with E-state index in [2.05, 4.69) is 10.3 Å². The predicted molar refractivity (Wildman–Crippen MR) is 69.2 cm³/mol.